The number of carbonyl (C=O) groups is 1. The van der Waals surface area contributed by atoms with Crippen LogP contribution in [-0.2, 0) is 11.3 Å². The fourth-order valence-electron chi connectivity index (χ4n) is 2.55. The molecule has 1 aliphatic rings. The third kappa shape index (κ3) is 2.16. The van der Waals surface area contributed by atoms with Crippen molar-refractivity contribution < 1.29 is 14.7 Å². The van der Waals surface area contributed by atoms with E-state index < -0.39 is 5.97 Å². The summed E-state index contributed by atoms with van der Waals surface area (Å²) >= 11 is 0. The smallest absolute Gasteiger partial charge is 0.341 e. The van der Waals surface area contributed by atoms with Crippen LogP contribution in [0.15, 0.2) is 36.5 Å². The maximum Gasteiger partial charge on any atom is 0.341 e. The number of aromatic nitrogens is 1. The van der Waals surface area contributed by atoms with E-state index in [0.29, 0.717) is 35.7 Å². The minimum absolute atomic E-state index is 0.292. The number of hydrogen-bond acceptors (Lipinski definition) is 4. The fourth-order valence-corrected chi connectivity index (χ4v) is 2.55. The Morgan fingerprint density at radius 1 is 1.38 bits per heavy atom. The molecule has 0 unspecified atom stereocenters. The van der Waals surface area contributed by atoms with Crippen LogP contribution in [-0.4, -0.2) is 22.5 Å². The topological polar surface area (TPSA) is 63.5 Å². The molecule has 0 saturated heterocycles. The first-order valence-corrected chi connectivity index (χ1v) is 6.83. The maximum absolute atomic E-state index is 12.3. The molecule has 2 aromatic rings. The zero-order chi connectivity index (χ0) is 14.8. The molecule has 0 aliphatic carbocycles. The van der Waals surface area contributed by atoms with Gasteiger partial charge >= 0.3 is 5.97 Å². The molecule has 1 aliphatic heterocycles. The van der Waals surface area contributed by atoms with Crippen molar-refractivity contribution in [2.45, 2.75) is 13.5 Å². The van der Waals surface area contributed by atoms with Gasteiger partial charge in [0.1, 0.15) is 5.69 Å². The van der Waals surface area contributed by atoms with Crippen LogP contribution in [0.5, 0.6) is 0 Å². The van der Waals surface area contributed by atoms with Crippen LogP contribution < -0.4 is 5.32 Å². The Labute approximate surface area is 122 Å². The summed E-state index contributed by atoms with van der Waals surface area (Å²) in [6.45, 7) is 2.52. The zero-order valence-corrected chi connectivity index (χ0v) is 11.7. The Balaban J connectivity index is 2.25. The van der Waals surface area contributed by atoms with E-state index in [1.807, 2.05) is 30.3 Å². The van der Waals surface area contributed by atoms with Crippen molar-refractivity contribution >= 4 is 12.0 Å². The lowest BCUT2D eigenvalue weighted by Gasteiger charge is -2.09. The van der Waals surface area contributed by atoms with Crippen molar-refractivity contribution in [1.29, 1.82) is 0 Å². The molecule has 0 radical (unpaired) electrons. The van der Waals surface area contributed by atoms with Crippen LogP contribution in [0.2, 0.25) is 0 Å². The van der Waals surface area contributed by atoms with Crippen LogP contribution in [0.1, 0.15) is 28.5 Å². The van der Waals surface area contributed by atoms with E-state index in [-0.39, 0.29) is 0 Å². The monoisotopic (exact) mass is 284 g/mol. The van der Waals surface area contributed by atoms with E-state index >= 15 is 0 Å². The molecular formula is C16H16N2O3. The summed E-state index contributed by atoms with van der Waals surface area (Å²) in [7, 11) is 0. The highest BCUT2D eigenvalue weighted by Crippen LogP contribution is 2.33. The number of benzene rings is 1. The second-order valence-corrected chi connectivity index (χ2v) is 4.70. The van der Waals surface area contributed by atoms with Gasteiger partial charge < -0.3 is 15.3 Å². The van der Waals surface area contributed by atoms with E-state index in [2.05, 4.69) is 5.32 Å². The minimum Gasteiger partial charge on any atom is -0.462 e. The Kier molecular flexibility index (Phi) is 3.39. The number of esters is 1. The van der Waals surface area contributed by atoms with Gasteiger partial charge in [-0.2, -0.15) is 4.73 Å². The average Bonchev–Trinajstić information content (AvgIpc) is 2.82. The highest BCUT2D eigenvalue weighted by Gasteiger charge is 2.28. The number of fused-ring (bicyclic) bond motifs is 1. The molecule has 108 valence electrons. The number of rotatable bonds is 3. The van der Waals surface area contributed by atoms with Crippen LogP contribution in [0.4, 0.5) is 0 Å². The molecule has 2 N–H and O–H groups in total. The van der Waals surface area contributed by atoms with Gasteiger partial charge in [-0.1, -0.05) is 30.3 Å². The van der Waals surface area contributed by atoms with Gasteiger partial charge in [-0.3, -0.25) is 0 Å². The quantitative estimate of drug-likeness (QED) is 0.672. The first-order valence-electron chi connectivity index (χ1n) is 6.83. The Morgan fingerprint density at radius 2 is 2.14 bits per heavy atom. The highest BCUT2D eigenvalue weighted by atomic mass is 16.5. The molecule has 21 heavy (non-hydrogen) atoms. The summed E-state index contributed by atoms with van der Waals surface area (Å²) in [5, 5.41) is 13.5. The third-order valence-electron chi connectivity index (χ3n) is 3.45. The summed E-state index contributed by atoms with van der Waals surface area (Å²) < 4.78 is 6.23. The maximum atomic E-state index is 12.3. The molecule has 0 saturated carbocycles. The lowest BCUT2D eigenvalue weighted by atomic mass is 10.0. The summed E-state index contributed by atoms with van der Waals surface area (Å²) in [6.07, 6.45) is 3.55. The first kappa shape index (κ1) is 13.3. The fraction of sp³-hybridized carbons (Fsp3) is 0.188. The van der Waals surface area contributed by atoms with Gasteiger partial charge in [0.05, 0.1) is 24.4 Å². The van der Waals surface area contributed by atoms with Crippen molar-refractivity contribution in [2.75, 3.05) is 6.61 Å². The number of ether oxygens (including phenoxy) is 1. The van der Waals surface area contributed by atoms with Crippen molar-refractivity contribution in [3.05, 3.63) is 53.4 Å². The van der Waals surface area contributed by atoms with Crippen LogP contribution in [0.25, 0.3) is 17.3 Å². The van der Waals surface area contributed by atoms with Crippen molar-refractivity contribution in [3.8, 4) is 11.3 Å². The van der Waals surface area contributed by atoms with Gasteiger partial charge in [-0.25, -0.2) is 4.79 Å². The van der Waals surface area contributed by atoms with Gasteiger partial charge in [0, 0.05) is 11.1 Å². The van der Waals surface area contributed by atoms with E-state index in [1.165, 1.54) is 0 Å². The molecule has 0 spiro atoms. The van der Waals surface area contributed by atoms with Gasteiger partial charge in [-0.15, -0.1) is 0 Å². The molecule has 3 rings (SSSR count). The van der Waals surface area contributed by atoms with E-state index in [0.717, 1.165) is 10.3 Å². The summed E-state index contributed by atoms with van der Waals surface area (Å²) in [5.41, 5.74) is 2.99. The van der Waals surface area contributed by atoms with Crippen molar-refractivity contribution in [2.24, 2.45) is 0 Å². The van der Waals surface area contributed by atoms with E-state index in [4.69, 9.17) is 4.74 Å². The van der Waals surface area contributed by atoms with Crippen LogP contribution in [0, 0.1) is 0 Å². The summed E-state index contributed by atoms with van der Waals surface area (Å²) in [4.78, 5) is 12.3. The molecule has 0 amide bonds. The summed E-state index contributed by atoms with van der Waals surface area (Å²) in [5.74, 6) is -0.424. The SMILES string of the molecule is CCOC(=O)c1c2c(n(O)c1-c1ccccc1)CNC=C2. The number of carbonyl (C=O) groups excluding carboxylic acids is 1. The second kappa shape index (κ2) is 5.36. The zero-order valence-electron chi connectivity index (χ0n) is 11.7. The highest BCUT2D eigenvalue weighted by molar-refractivity contribution is 6.01. The average molecular weight is 284 g/mol. The second-order valence-electron chi connectivity index (χ2n) is 4.70. The van der Waals surface area contributed by atoms with E-state index in [1.54, 1.807) is 19.2 Å². The normalized spacial score (nSPS) is 12.6. The lowest BCUT2D eigenvalue weighted by molar-refractivity contribution is 0.0525. The molecule has 2 heterocycles. The predicted octanol–water partition coefficient (Wildman–Crippen LogP) is 2.64. The van der Waals surface area contributed by atoms with Crippen molar-refractivity contribution in [1.82, 2.24) is 10.0 Å². The number of nitrogens with one attached hydrogen (secondary N) is 1. The number of hydrogen-bond donors (Lipinski definition) is 2. The van der Waals surface area contributed by atoms with Crippen LogP contribution in [0.3, 0.4) is 0 Å². The number of nitrogens with zero attached hydrogens (tertiary/aromatic N) is 1. The molecule has 0 fully saturated rings. The van der Waals surface area contributed by atoms with Gasteiger partial charge in [0.2, 0.25) is 0 Å². The standard InChI is InChI=1S/C16H16N2O3/c1-2-21-16(19)14-12-8-9-17-10-13(12)18(20)15(14)11-6-4-3-5-7-11/h3-9,17,20H,2,10H2,1H3. The Hall–Kier alpha value is -2.69. The van der Waals surface area contributed by atoms with Gasteiger partial charge in [-0.05, 0) is 19.2 Å². The van der Waals surface area contributed by atoms with Gasteiger partial charge in [0.15, 0.2) is 0 Å². The minimum atomic E-state index is -0.424. The van der Waals surface area contributed by atoms with Crippen LogP contribution >= 0.6 is 0 Å². The Morgan fingerprint density at radius 3 is 2.86 bits per heavy atom. The molecule has 1 aromatic carbocycles. The molecule has 0 bridgehead atoms. The Bertz CT molecular complexity index is 702. The lowest BCUT2D eigenvalue weighted by Crippen LogP contribution is -2.14. The van der Waals surface area contributed by atoms with Crippen molar-refractivity contribution in [3.63, 3.8) is 0 Å². The largest absolute Gasteiger partial charge is 0.462 e. The van der Waals surface area contributed by atoms with Gasteiger partial charge in [0.25, 0.3) is 0 Å². The molecule has 0 atom stereocenters. The summed E-state index contributed by atoms with van der Waals surface area (Å²) in [6, 6.07) is 9.33. The first-order chi connectivity index (χ1) is 10.2. The predicted molar refractivity (Wildman–Crippen MR) is 78.9 cm³/mol. The molecule has 1 aromatic heterocycles. The molecular weight excluding hydrogens is 268 g/mol. The molecule has 5 nitrogen and oxygen atoms in total. The third-order valence-corrected chi connectivity index (χ3v) is 3.45. The molecule has 5 heteroatoms. The van der Waals surface area contributed by atoms with E-state index in [9.17, 15) is 10.0 Å².